The van der Waals surface area contributed by atoms with Crippen LogP contribution in [-0.4, -0.2) is 32.1 Å². The molecule has 0 bridgehead atoms. The van der Waals surface area contributed by atoms with Gasteiger partial charge >= 0.3 is 0 Å². The molecule has 2 aromatic rings. The maximum Gasteiger partial charge on any atom is 0.282 e. The van der Waals surface area contributed by atoms with Crippen molar-refractivity contribution in [3.63, 3.8) is 0 Å². The molecular formula is C18H20Cl2FN2O2+. The first-order valence-electron chi connectivity index (χ1n) is 7.83. The smallest absolute Gasteiger partial charge is 0.282 e. The molecule has 0 spiro atoms. The lowest BCUT2D eigenvalue weighted by atomic mass is 10.2. The monoisotopic (exact) mass is 385 g/mol. The molecule has 0 aliphatic rings. The number of amides is 1. The Balaban J connectivity index is 1.82. The molecule has 0 heterocycles. The summed E-state index contributed by atoms with van der Waals surface area (Å²) >= 11 is 11.8. The molecule has 2 N–H and O–H groups in total. The molecule has 4 nitrogen and oxygen atoms in total. The number of hydrogen-bond donors (Lipinski definition) is 2. The first kappa shape index (κ1) is 19.5. The number of carbonyl (C=O) groups is 1. The second kappa shape index (κ2) is 9.04. The normalized spacial score (nSPS) is 13.2. The van der Waals surface area contributed by atoms with Gasteiger partial charge in [0.05, 0.1) is 17.8 Å². The third kappa shape index (κ3) is 5.88. The van der Waals surface area contributed by atoms with E-state index in [1.54, 1.807) is 24.3 Å². The number of rotatable bonds is 7. The van der Waals surface area contributed by atoms with E-state index in [-0.39, 0.29) is 17.0 Å². The van der Waals surface area contributed by atoms with Gasteiger partial charge in [0.15, 0.2) is 6.04 Å². The molecule has 0 radical (unpaired) electrons. The number of quaternary nitrogens is 1. The number of carbonyl (C=O) groups excluding carboxylic acids is 1. The number of ether oxygens (including phenoxy) is 1. The van der Waals surface area contributed by atoms with E-state index in [2.05, 4.69) is 5.32 Å². The molecular weight excluding hydrogens is 366 g/mol. The summed E-state index contributed by atoms with van der Waals surface area (Å²) in [4.78, 5) is 13.3. The van der Waals surface area contributed by atoms with Crippen LogP contribution in [0.25, 0.3) is 0 Å². The van der Waals surface area contributed by atoms with E-state index >= 15 is 0 Å². The van der Waals surface area contributed by atoms with Crippen molar-refractivity contribution in [2.45, 2.75) is 13.0 Å². The summed E-state index contributed by atoms with van der Waals surface area (Å²) in [7, 11) is 1.90. The van der Waals surface area contributed by atoms with Crippen LogP contribution in [0.15, 0.2) is 42.5 Å². The Hall–Kier alpha value is -1.82. The maximum atomic E-state index is 13.1. The van der Waals surface area contributed by atoms with Crippen LogP contribution in [-0.2, 0) is 4.79 Å². The van der Waals surface area contributed by atoms with Crippen LogP contribution < -0.4 is 15.0 Å². The van der Waals surface area contributed by atoms with Crippen molar-refractivity contribution < 1.29 is 18.8 Å². The van der Waals surface area contributed by atoms with E-state index in [0.717, 1.165) is 10.6 Å². The van der Waals surface area contributed by atoms with E-state index in [1.165, 1.54) is 18.2 Å². The van der Waals surface area contributed by atoms with E-state index in [0.29, 0.717) is 23.9 Å². The Morgan fingerprint density at radius 2 is 1.92 bits per heavy atom. The highest BCUT2D eigenvalue weighted by molar-refractivity contribution is 6.33. The number of halogens is 3. The average molecular weight is 386 g/mol. The van der Waals surface area contributed by atoms with Gasteiger partial charge in [-0.25, -0.2) is 4.39 Å². The molecule has 0 fully saturated rings. The quantitative estimate of drug-likeness (QED) is 0.768. The van der Waals surface area contributed by atoms with Crippen molar-refractivity contribution in [3.8, 4) is 5.75 Å². The van der Waals surface area contributed by atoms with Crippen LogP contribution in [0.3, 0.4) is 0 Å². The Kier molecular flexibility index (Phi) is 7.05. The lowest BCUT2D eigenvalue weighted by Crippen LogP contribution is -3.14. The van der Waals surface area contributed by atoms with E-state index in [9.17, 15) is 9.18 Å². The van der Waals surface area contributed by atoms with Crippen LogP contribution >= 0.6 is 23.2 Å². The molecule has 1 unspecified atom stereocenters. The summed E-state index contributed by atoms with van der Waals surface area (Å²) < 4.78 is 18.7. The SMILES string of the molecule is C[C@@H](C(=O)Nc1ccc(F)cc1Cl)[NH+](C)CCOc1ccc(Cl)cc1. The van der Waals surface area contributed by atoms with Crippen LogP contribution in [0.2, 0.25) is 10.0 Å². The van der Waals surface area contributed by atoms with E-state index in [4.69, 9.17) is 27.9 Å². The largest absolute Gasteiger partial charge is 0.488 e. The van der Waals surface area contributed by atoms with Crippen molar-refractivity contribution in [1.82, 2.24) is 0 Å². The van der Waals surface area contributed by atoms with Crippen LogP contribution in [0.4, 0.5) is 10.1 Å². The predicted octanol–water partition coefficient (Wildman–Crippen LogP) is 3.05. The Labute approximate surface area is 156 Å². The van der Waals surface area contributed by atoms with Gasteiger partial charge < -0.3 is 15.0 Å². The Bertz CT molecular complexity index is 726. The summed E-state index contributed by atoms with van der Waals surface area (Å²) in [5.41, 5.74) is 0.394. The first-order chi connectivity index (χ1) is 11.9. The molecule has 2 aromatic carbocycles. The summed E-state index contributed by atoms with van der Waals surface area (Å²) in [5.74, 6) is 0.0861. The summed E-state index contributed by atoms with van der Waals surface area (Å²) in [5, 5.41) is 3.54. The number of benzene rings is 2. The van der Waals surface area contributed by atoms with Gasteiger partial charge in [0, 0.05) is 5.02 Å². The third-order valence-electron chi connectivity index (χ3n) is 3.90. The van der Waals surface area contributed by atoms with Gasteiger partial charge in [-0.15, -0.1) is 0 Å². The van der Waals surface area contributed by atoms with Gasteiger partial charge in [-0.1, -0.05) is 23.2 Å². The number of hydrogen-bond acceptors (Lipinski definition) is 2. The molecule has 0 saturated carbocycles. The molecule has 2 rings (SSSR count). The Morgan fingerprint density at radius 3 is 2.56 bits per heavy atom. The predicted molar refractivity (Wildman–Crippen MR) is 98.2 cm³/mol. The third-order valence-corrected chi connectivity index (χ3v) is 4.46. The molecule has 134 valence electrons. The summed E-state index contributed by atoms with van der Waals surface area (Å²) in [6.45, 7) is 2.90. The number of anilines is 1. The van der Waals surface area contributed by atoms with Gasteiger partial charge in [-0.2, -0.15) is 0 Å². The van der Waals surface area contributed by atoms with Gasteiger partial charge in [0.25, 0.3) is 5.91 Å². The highest BCUT2D eigenvalue weighted by Gasteiger charge is 2.22. The van der Waals surface area contributed by atoms with Gasteiger partial charge in [0.2, 0.25) is 0 Å². The van der Waals surface area contributed by atoms with Crippen LogP contribution in [0.5, 0.6) is 5.75 Å². The van der Waals surface area contributed by atoms with Crippen LogP contribution in [0, 0.1) is 5.82 Å². The summed E-state index contributed by atoms with van der Waals surface area (Å²) in [6.07, 6.45) is 0. The second-order valence-electron chi connectivity index (χ2n) is 5.73. The maximum absolute atomic E-state index is 13.1. The lowest BCUT2D eigenvalue weighted by molar-refractivity contribution is -0.894. The fourth-order valence-corrected chi connectivity index (χ4v) is 2.47. The van der Waals surface area contributed by atoms with Crippen molar-refractivity contribution in [3.05, 3.63) is 58.3 Å². The fourth-order valence-electron chi connectivity index (χ4n) is 2.13. The van der Waals surface area contributed by atoms with Gasteiger partial charge in [-0.05, 0) is 49.4 Å². The van der Waals surface area contributed by atoms with Crippen LogP contribution in [0.1, 0.15) is 6.92 Å². The molecule has 7 heteroatoms. The molecule has 0 aliphatic heterocycles. The standard InChI is InChI=1S/C18H19Cl2FN2O2/c1-12(18(24)22-17-8-5-14(21)11-16(17)20)23(2)9-10-25-15-6-3-13(19)4-7-15/h3-8,11-12H,9-10H2,1-2H3,(H,22,24)/p+1/t12-/m0/s1. The second-order valence-corrected chi connectivity index (χ2v) is 6.58. The van der Waals surface area contributed by atoms with Crippen molar-refractivity contribution in [2.24, 2.45) is 0 Å². The lowest BCUT2D eigenvalue weighted by Gasteiger charge is -2.21. The van der Waals surface area contributed by atoms with Gasteiger partial charge in [0.1, 0.15) is 24.7 Å². The molecule has 2 atom stereocenters. The highest BCUT2D eigenvalue weighted by Crippen LogP contribution is 2.22. The minimum absolute atomic E-state index is 0.171. The van der Waals surface area contributed by atoms with Crippen molar-refractivity contribution in [1.29, 1.82) is 0 Å². The zero-order valence-corrected chi connectivity index (χ0v) is 15.5. The minimum Gasteiger partial charge on any atom is -0.488 e. The Morgan fingerprint density at radius 1 is 1.24 bits per heavy atom. The molecule has 0 aromatic heterocycles. The zero-order valence-electron chi connectivity index (χ0n) is 14.0. The van der Waals surface area contributed by atoms with E-state index < -0.39 is 5.82 Å². The van der Waals surface area contributed by atoms with Crippen molar-refractivity contribution in [2.75, 3.05) is 25.5 Å². The van der Waals surface area contributed by atoms with Gasteiger partial charge in [-0.3, -0.25) is 4.79 Å². The first-order valence-corrected chi connectivity index (χ1v) is 8.59. The molecule has 0 saturated heterocycles. The zero-order chi connectivity index (χ0) is 18.4. The number of nitrogens with one attached hydrogen (secondary N) is 2. The van der Waals surface area contributed by atoms with E-state index in [1.807, 2.05) is 14.0 Å². The average Bonchev–Trinajstić information content (AvgIpc) is 2.58. The fraction of sp³-hybridized carbons (Fsp3) is 0.278. The highest BCUT2D eigenvalue weighted by atomic mass is 35.5. The summed E-state index contributed by atoms with van der Waals surface area (Å²) in [6, 6.07) is 10.7. The molecule has 0 aliphatic carbocycles. The molecule has 25 heavy (non-hydrogen) atoms. The molecule has 1 amide bonds. The number of likely N-dealkylation sites (N-methyl/N-ethyl adjacent to an activating group) is 1. The van der Waals surface area contributed by atoms with Crippen molar-refractivity contribution >= 4 is 34.8 Å². The topological polar surface area (TPSA) is 42.8 Å². The minimum atomic E-state index is -0.446.